The second-order valence-corrected chi connectivity index (χ2v) is 3.84. The third-order valence-electron chi connectivity index (χ3n) is 2.46. The van der Waals surface area contributed by atoms with Crippen molar-refractivity contribution in [3.8, 4) is 0 Å². The van der Waals surface area contributed by atoms with Crippen molar-refractivity contribution in [2.24, 2.45) is 0 Å². The average molecular weight is 242 g/mol. The minimum absolute atomic E-state index is 0.0808. The van der Waals surface area contributed by atoms with Gasteiger partial charge in [0, 0.05) is 20.1 Å². The average Bonchev–Trinajstić information content (AvgIpc) is 2.30. The van der Waals surface area contributed by atoms with E-state index in [4.69, 9.17) is 0 Å². The number of halogens is 2. The predicted molar refractivity (Wildman–Crippen MR) is 61.6 cm³/mol. The Morgan fingerprint density at radius 1 is 1.35 bits per heavy atom. The molecule has 1 rings (SSSR count). The second kappa shape index (κ2) is 6.30. The Balaban J connectivity index is 2.58. The zero-order valence-corrected chi connectivity index (χ0v) is 9.96. The SMILES string of the molecule is CNCCN(C)C(=O)Cc1ccc(F)c(F)c1. The Labute approximate surface area is 99.4 Å². The van der Waals surface area contributed by atoms with E-state index in [2.05, 4.69) is 5.32 Å². The molecule has 0 spiro atoms. The molecular weight excluding hydrogens is 226 g/mol. The van der Waals surface area contributed by atoms with Crippen LogP contribution in [-0.2, 0) is 11.2 Å². The lowest BCUT2D eigenvalue weighted by Crippen LogP contribution is -2.33. The van der Waals surface area contributed by atoms with Crippen molar-refractivity contribution < 1.29 is 13.6 Å². The first kappa shape index (κ1) is 13.6. The highest BCUT2D eigenvalue weighted by molar-refractivity contribution is 5.78. The van der Waals surface area contributed by atoms with Crippen LogP contribution in [0.3, 0.4) is 0 Å². The largest absolute Gasteiger partial charge is 0.344 e. The van der Waals surface area contributed by atoms with Crippen molar-refractivity contribution in [3.63, 3.8) is 0 Å². The molecule has 3 nitrogen and oxygen atoms in total. The monoisotopic (exact) mass is 242 g/mol. The van der Waals surface area contributed by atoms with Crippen LogP contribution in [0.15, 0.2) is 18.2 Å². The van der Waals surface area contributed by atoms with Gasteiger partial charge in [0.1, 0.15) is 0 Å². The van der Waals surface area contributed by atoms with E-state index < -0.39 is 11.6 Å². The Morgan fingerprint density at radius 2 is 2.06 bits per heavy atom. The van der Waals surface area contributed by atoms with E-state index >= 15 is 0 Å². The minimum Gasteiger partial charge on any atom is -0.344 e. The molecule has 0 unspecified atom stereocenters. The summed E-state index contributed by atoms with van der Waals surface area (Å²) in [6.07, 6.45) is 0.0808. The van der Waals surface area contributed by atoms with Gasteiger partial charge in [-0.15, -0.1) is 0 Å². The van der Waals surface area contributed by atoms with E-state index in [0.717, 1.165) is 12.1 Å². The number of carbonyl (C=O) groups excluding carboxylic acids is 1. The highest BCUT2D eigenvalue weighted by Crippen LogP contribution is 2.09. The van der Waals surface area contributed by atoms with Gasteiger partial charge in [-0.3, -0.25) is 4.79 Å². The van der Waals surface area contributed by atoms with E-state index in [-0.39, 0.29) is 12.3 Å². The van der Waals surface area contributed by atoms with Crippen LogP contribution in [0.1, 0.15) is 5.56 Å². The Hall–Kier alpha value is -1.49. The molecule has 17 heavy (non-hydrogen) atoms. The van der Waals surface area contributed by atoms with E-state index in [1.165, 1.54) is 6.07 Å². The second-order valence-electron chi connectivity index (χ2n) is 3.84. The zero-order valence-electron chi connectivity index (χ0n) is 9.96. The molecule has 1 amide bonds. The van der Waals surface area contributed by atoms with Crippen molar-refractivity contribution in [1.29, 1.82) is 0 Å². The maximum absolute atomic E-state index is 12.9. The normalized spacial score (nSPS) is 10.4. The molecule has 94 valence electrons. The van der Waals surface area contributed by atoms with Gasteiger partial charge in [0.15, 0.2) is 11.6 Å². The van der Waals surface area contributed by atoms with Crippen LogP contribution < -0.4 is 5.32 Å². The molecular formula is C12H16F2N2O. The molecule has 0 aromatic heterocycles. The van der Waals surface area contributed by atoms with E-state index in [1.807, 2.05) is 0 Å². The highest BCUT2D eigenvalue weighted by atomic mass is 19.2. The van der Waals surface area contributed by atoms with Crippen LogP contribution in [0.5, 0.6) is 0 Å². The predicted octanol–water partition coefficient (Wildman–Crippen LogP) is 1.19. The topological polar surface area (TPSA) is 32.3 Å². The fraction of sp³-hybridized carbons (Fsp3) is 0.417. The molecule has 0 aliphatic heterocycles. The van der Waals surface area contributed by atoms with Crippen molar-refractivity contribution in [1.82, 2.24) is 10.2 Å². The molecule has 1 N–H and O–H groups in total. The lowest BCUT2D eigenvalue weighted by atomic mass is 10.1. The van der Waals surface area contributed by atoms with Crippen LogP contribution in [0.25, 0.3) is 0 Å². The Bertz CT molecular complexity index is 396. The molecule has 0 saturated carbocycles. The number of likely N-dealkylation sites (N-methyl/N-ethyl adjacent to an activating group) is 2. The van der Waals surface area contributed by atoms with Crippen molar-refractivity contribution in [2.75, 3.05) is 27.2 Å². The maximum atomic E-state index is 12.9. The summed E-state index contributed by atoms with van der Waals surface area (Å²) in [5.41, 5.74) is 0.477. The summed E-state index contributed by atoms with van der Waals surface area (Å²) in [4.78, 5) is 13.2. The molecule has 1 aromatic carbocycles. The first-order valence-electron chi connectivity index (χ1n) is 5.37. The lowest BCUT2D eigenvalue weighted by Gasteiger charge is -2.16. The summed E-state index contributed by atoms with van der Waals surface area (Å²) >= 11 is 0. The van der Waals surface area contributed by atoms with E-state index in [0.29, 0.717) is 18.7 Å². The minimum atomic E-state index is -0.923. The summed E-state index contributed by atoms with van der Waals surface area (Å²) in [7, 11) is 3.48. The molecule has 0 aliphatic rings. The van der Waals surface area contributed by atoms with Crippen LogP contribution >= 0.6 is 0 Å². The number of benzene rings is 1. The molecule has 5 heteroatoms. The fourth-order valence-corrected chi connectivity index (χ4v) is 1.36. The number of carbonyl (C=O) groups is 1. The van der Waals surface area contributed by atoms with Crippen molar-refractivity contribution >= 4 is 5.91 Å². The van der Waals surface area contributed by atoms with Gasteiger partial charge in [-0.05, 0) is 24.7 Å². The van der Waals surface area contributed by atoms with Gasteiger partial charge in [0.05, 0.1) is 6.42 Å². The third-order valence-corrected chi connectivity index (χ3v) is 2.46. The maximum Gasteiger partial charge on any atom is 0.226 e. The first-order valence-corrected chi connectivity index (χ1v) is 5.37. The molecule has 0 heterocycles. The van der Waals surface area contributed by atoms with E-state index in [9.17, 15) is 13.6 Å². The fourth-order valence-electron chi connectivity index (χ4n) is 1.36. The quantitative estimate of drug-likeness (QED) is 0.841. The van der Waals surface area contributed by atoms with Gasteiger partial charge in [-0.1, -0.05) is 6.07 Å². The summed E-state index contributed by atoms with van der Waals surface area (Å²) in [6.45, 7) is 1.28. The van der Waals surface area contributed by atoms with Gasteiger partial charge >= 0.3 is 0 Å². The summed E-state index contributed by atoms with van der Waals surface area (Å²) in [5.74, 6) is -1.94. The highest BCUT2D eigenvalue weighted by Gasteiger charge is 2.10. The number of hydrogen-bond acceptors (Lipinski definition) is 2. The molecule has 0 saturated heterocycles. The number of hydrogen-bond donors (Lipinski definition) is 1. The smallest absolute Gasteiger partial charge is 0.226 e. The van der Waals surface area contributed by atoms with Crippen molar-refractivity contribution in [3.05, 3.63) is 35.4 Å². The van der Waals surface area contributed by atoms with Gasteiger partial charge in [-0.2, -0.15) is 0 Å². The van der Waals surface area contributed by atoms with Crippen LogP contribution in [0.2, 0.25) is 0 Å². The first-order chi connectivity index (χ1) is 8.04. The number of nitrogens with zero attached hydrogens (tertiary/aromatic N) is 1. The van der Waals surface area contributed by atoms with Gasteiger partial charge in [0.2, 0.25) is 5.91 Å². The van der Waals surface area contributed by atoms with Crippen LogP contribution in [0.4, 0.5) is 8.78 Å². The molecule has 0 bridgehead atoms. The molecule has 0 radical (unpaired) electrons. The number of amides is 1. The Kier molecular flexibility index (Phi) is 5.03. The number of nitrogens with one attached hydrogen (secondary N) is 1. The summed E-state index contributed by atoms with van der Waals surface area (Å²) in [5, 5.41) is 2.93. The lowest BCUT2D eigenvalue weighted by molar-refractivity contribution is -0.129. The number of rotatable bonds is 5. The van der Waals surface area contributed by atoms with Gasteiger partial charge < -0.3 is 10.2 Å². The van der Waals surface area contributed by atoms with Gasteiger partial charge in [-0.25, -0.2) is 8.78 Å². The standard InChI is InChI=1S/C12H16F2N2O/c1-15-5-6-16(2)12(17)8-9-3-4-10(13)11(14)7-9/h3-4,7,15H,5-6,8H2,1-2H3. The van der Waals surface area contributed by atoms with E-state index in [1.54, 1.807) is 19.0 Å². The third kappa shape index (κ3) is 4.11. The zero-order chi connectivity index (χ0) is 12.8. The summed E-state index contributed by atoms with van der Waals surface area (Å²) < 4.78 is 25.6. The van der Waals surface area contributed by atoms with Crippen molar-refractivity contribution in [2.45, 2.75) is 6.42 Å². The molecule has 0 atom stereocenters. The van der Waals surface area contributed by atoms with Crippen LogP contribution in [-0.4, -0.2) is 38.0 Å². The Morgan fingerprint density at radius 3 is 2.65 bits per heavy atom. The molecule has 1 aromatic rings. The molecule has 0 aliphatic carbocycles. The molecule has 0 fully saturated rings. The summed E-state index contributed by atoms with van der Waals surface area (Å²) in [6, 6.07) is 3.51. The van der Waals surface area contributed by atoms with Gasteiger partial charge in [0.25, 0.3) is 0 Å². The van der Waals surface area contributed by atoms with Crippen LogP contribution in [0, 0.1) is 11.6 Å².